The molecule has 0 aliphatic carbocycles. The number of hydrogen-bond donors (Lipinski definition) is 1. The van der Waals surface area contributed by atoms with E-state index in [-0.39, 0.29) is 6.04 Å². The van der Waals surface area contributed by atoms with Crippen LogP contribution >= 0.6 is 0 Å². The highest BCUT2D eigenvalue weighted by molar-refractivity contribution is 6.19. The van der Waals surface area contributed by atoms with Crippen molar-refractivity contribution >= 4 is 93.0 Å². The fourth-order valence-corrected chi connectivity index (χ4v) is 11.6. The summed E-state index contributed by atoms with van der Waals surface area (Å²) in [4.78, 5) is 5.36. The highest BCUT2D eigenvalue weighted by Gasteiger charge is 2.22. The van der Waals surface area contributed by atoms with Crippen LogP contribution in [0.5, 0.6) is 0 Å². The number of pyridine rings is 1. The Balaban J connectivity index is 0.860. The van der Waals surface area contributed by atoms with Gasteiger partial charge in [0, 0.05) is 60.0 Å². The molecule has 1 N–H and O–H groups in total. The largest absolute Gasteiger partial charge is 0.361 e. The average Bonchev–Trinajstić information content (AvgIpc) is 4.15. The summed E-state index contributed by atoms with van der Waals surface area (Å²) in [5.74, 6) is 1.95. The predicted octanol–water partition coefficient (Wildman–Crippen LogP) is 15.8. The molecule has 0 spiro atoms. The summed E-state index contributed by atoms with van der Waals surface area (Å²) in [6.45, 7) is 0. The maximum Gasteiger partial charge on any atom is 0.138 e. The zero-order valence-electron chi connectivity index (χ0n) is 37.9. The lowest BCUT2D eigenvalue weighted by molar-refractivity contribution is 0.735. The predicted molar refractivity (Wildman–Crippen MR) is 291 cm³/mol. The number of aromatic nitrogens is 5. The summed E-state index contributed by atoms with van der Waals surface area (Å²) < 4.78 is 9.53. The smallest absolute Gasteiger partial charge is 0.138 e. The molecule has 0 fully saturated rings. The summed E-state index contributed by atoms with van der Waals surface area (Å²) in [5, 5.41) is 13.8. The van der Waals surface area contributed by atoms with Gasteiger partial charge in [-0.05, 0) is 96.6 Å². The van der Waals surface area contributed by atoms with E-state index in [2.05, 4.69) is 266 Å². The van der Waals surface area contributed by atoms with Crippen molar-refractivity contribution in [3.63, 3.8) is 0 Å². The molecule has 0 amide bonds. The van der Waals surface area contributed by atoms with E-state index in [9.17, 15) is 0 Å². The van der Waals surface area contributed by atoms with Gasteiger partial charge in [0.25, 0.3) is 0 Å². The van der Waals surface area contributed by atoms with Gasteiger partial charge in [-0.3, -0.25) is 9.13 Å². The van der Waals surface area contributed by atoms with Crippen LogP contribution in [0.2, 0.25) is 0 Å². The van der Waals surface area contributed by atoms with E-state index >= 15 is 0 Å². The van der Waals surface area contributed by atoms with Crippen molar-refractivity contribution in [2.24, 2.45) is 0 Å². The first-order valence-corrected chi connectivity index (χ1v) is 24.0. The van der Waals surface area contributed by atoms with Crippen LogP contribution in [0.4, 0.5) is 0 Å². The Morgan fingerprint density at radius 1 is 0.343 bits per heavy atom. The van der Waals surface area contributed by atoms with Gasteiger partial charge in [-0.2, -0.15) is 0 Å². The van der Waals surface area contributed by atoms with Crippen LogP contribution in [0, 0.1) is 0 Å². The molecule has 328 valence electrons. The highest BCUT2D eigenvalue weighted by Crippen LogP contribution is 2.41. The second-order valence-electron chi connectivity index (χ2n) is 18.4. The molecule has 15 rings (SSSR count). The standard InChI is InChI=1S/C64H42N6/c1-9-31-57-45(21-1)46-22-2-10-32-58(46)69(57)63-35-15-27-53(65-63)41-17-13-19-43(37-41)67-55-29-7-5-25-49(55)51-39-52-50-26-6-8-30-56(50)68(62(52)40-61(51)67)44-20-14-18-42(38-44)54-28-16-36-64(66-54)70-59-33-11-3-23-47(59)48-24-4-12-34-60(48)70/h1-40,53,65H. The number of nitrogens with zero attached hydrogens (tertiary/aromatic N) is 5. The number of allylic oxidation sites excluding steroid dienone is 2. The fourth-order valence-electron chi connectivity index (χ4n) is 11.6. The van der Waals surface area contributed by atoms with Gasteiger partial charge >= 0.3 is 0 Å². The number of fused-ring (bicyclic) bond motifs is 12. The third-order valence-electron chi connectivity index (χ3n) is 14.6. The van der Waals surface area contributed by atoms with Gasteiger partial charge in [0.15, 0.2) is 0 Å². The topological polar surface area (TPSA) is 44.6 Å². The number of dihydropyridines is 1. The Kier molecular flexibility index (Phi) is 8.32. The molecule has 1 unspecified atom stereocenters. The fraction of sp³-hybridized carbons (Fsp3) is 0.0156. The molecule has 5 aromatic heterocycles. The molecule has 6 heterocycles. The van der Waals surface area contributed by atoms with E-state index in [1.165, 1.54) is 65.2 Å². The summed E-state index contributed by atoms with van der Waals surface area (Å²) in [7, 11) is 0. The molecule has 0 saturated heterocycles. The SMILES string of the molecule is C1=CC(c2cccc(-n3c4ccccc4c4cc5c6ccccc6n(-c6cccc(-c7cccc(-n8c9ccccc9c9ccccc98)n7)c6)c5cc43)c2)NC(n2c3ccccc3c3ccccc32)=C1. The molecule has 1 aliphatic heterocycles. The lowest BCUT2D eigenvalue weighted by atomic mass is 10.0. The minimum Gasteiger partial charge on any atom is -0.361 e. The molecule has 1 atom stereocenters. The minimum absolute atomic E-state index is 0.0355. The molecule has 70 heavy (non-hydrogen) atoms. The van der Waals surface area contributed by atoms with Crippen LogP contribution in [-0.4, -0.2) is 23.3 Å². The zero-order chi connectivity index (χ0) is 45.9. The van der Waals surface area contributed by atoms with Crippen LogP contribution in [-0.2, 0) is 0 Å². The van der Waals surface area contributed by atoms with Crippen molar-refractivity contribution in [1.29, 1.82) is 0 Å². The molecule has 6 nitrogen and oxygen atoms in total. The van der Waals surface area contributed by atoms with Crippen molar-refractivity contribution in [1.82, 2.24) is 28.6 Å². The van der Waals surface area contributed by atoms with Crippen molar-refractivity contribution < 1.29 is 0 Å². The number of benzene rings is 9. The number of rotatable bonds is 6. The maximum atomic E-state index is 5.36. The number of nitrogens with one attached hydrogen (secondary N) is 1. The lowest BCUT2D eigenvalue weighted by Crippen LogP contribution is -2.23. The van der Waals surface area contributed by atoms with Gasteiger partial charge in [0.05, 0.1) is 55.9 Å². The lowest BCUT2D eigenvalue weighted by Gasteiger charge is -2.24. The second kappa shape index (κ2) is 15.1. The summed E-state index contributed by atoms with van der Waals surface area (Å²) in [6, 6.07) is 81.3. The molecular formula is C64H42N6. The maximum absolute atomic E-state index is 5.36. The van der Waals surface area contributed by atoms with Crippen LogP contribution in [0.25, 0.3) is 121 Å². The van der Waals surface area contributed by atoms with E-state index in [1.807, 2.05) is 0 Å². The van der Waals surface area contributed by atoms with Gasteiger partial charge < -0.3 is 14.5 Å². The molecule has 0 saturated carbocycles. The average molecular weight is 895 g/mol. The third-order valence-corrected chi connectivity index (χ3v) is 14.6. The van der Waals surface area contributed by atoms with Crippen LogP contribution < -0.4 is 5.32 Å². The zero-order valence-corrected chi connectivity index (χ0v) is 37.9. The Morgan fingerprint density at radius 3 is 1.36 bits per heavy atom. The Morgan fingerprint density at radius 2 is 0.800 bits per heavy atom. The minimum atomic E-state index is -0.0355. The van der Waals surface area contributed by atoms with Crippen LogP contribution in [0.1, 0.15) is 11.6 Å². The van der Waals surface area contributed by atoms with Gasteiger partial charge in [-0.1, -0.05) is 152 Å². The Bertz CT molecular complexity index is 4430. The van der Waals surface area contributed by atoms with Gasteiger partial charge in [-0.25, -0.2) is 4.98 Å². The highest BCUT2D eigenvalue weighted by atomic mass is 15.2. The van der Waals surface area contributed by atoms with Crippen LogP contribution in [0.3, 0.4) is 0 Å². The Labute approximate surface area is 402 Å². The Hall–Kier alpha value is -9.39. The van der Waals surface area contributed by atoms with Gasteiger partial charge in [-0.15, -0.1) is 0 Å². The normalized spacial score (nSPS) is 14.0. The van der Waals surface area contributed by atoms with E-state index in [0.717, 1.165) is 61.9 Å². The quantitative estimate of drug-likeness (QED) is 0.181. The van der Waals surface area contributed by atoms with E-state index in [4.69, 9.17) is 4.98 Å². The van der Waals surface area contributed by atoms with E-state index in [0.29, 0.717) is 0 Å². The summed E-state index contributed by atoms with van der Waals surface area (Å²) in [6.07, 6.45) is 6.64. The van der Waals surface area contributed by atoms with Crippen molar-refractivity contribution in [3.8, 4) is 28.5 Å². The molecule has 0 radical (unpaired) electrons. The van der Waals surface area contributed by atoms with Gasteiger partial charge in [0.2, 0.25) is 0 Å². The van der Waals surface area contributed by atoms with Crippen LogP contribution in [0.15, 0.2) is 243 Å². The van der Waals surface area contributed by atoms with E-state index < -0.39 is 0 Å². The molecule has 1 aliphatic rings. The number of para-hydroxylation sites is 6. The molecule has 14 aromatic rings. The second-order valence-corrected chi connectivity index (χ2v) is 18.4. The third kappa shape index (κ3) is 5.71. The summed E-state index contributed by atoms with van der Waals surface area (Å²) in [5.41, 5.74) is 14.7. The molecular weight excluding hydrogens is 853 g/mol. The first-order chi connectivity index (χ1) is 34.7. The van der Waals surface area contributed by atoms with Crippen molar-refractivity contribution in [2.75, 3.05) is 0 Å². The van der Waals surface area contributed by atoms with Crippen molar-refractivity contribution in [2.45, 2.75) is 6.04 Å². The molecule has 0 bridgehead atoms. The summed E-state index contributed by atoms with van der Waals surface area (Å²) >= 11 is 0. The van der Waals surface area contributed by atoms with E-state index in [1.54, 1.807) is 0 Å². The van der Waals surface area contributed by atoms with Crippen molar-refractivity contribution in [3.05, 3.63) is 248 Å². The molecule has 6 heteroatoms. The monoisotopic (exact) mass is 894 g/mol. The first kappa shape index (κ1) is 38.7. The number of hydrogen-bond acceptors (Lipinski definition) is 2. The first-order valence-electron chi connectivity index (χ1n) is 24.0. The molecule has 9 aromatic carbocycles. The van der Waals surface area contributed by atoms with Gasteiger partial charge in [0.1, 0.15) is 11.6 Å².